The van der Waals surface area contributed by atoms with Crippen LogP contribution in [0.3, 0.4) is 0 Å². The van der Waals surface area contributed by atoms with Crippen LogP contribution in [0.25, 0.3) is 0 Å². The van der Waals surface area contributed by atoms with Crippen LogP contribution in [0.15, 0.2) is 24.8 Å². The summed E-state index contributed by atoms with van der Waals surface area (Å²) in [5, 5.41) is 0. The lowest BCUT2D eigenvalue weighted by atomic mass is 9.89. The number of aldehydes is 1. The number of carbonyl (C=O) groups is 1. The molecule has 0 aromatic carbocycles. The van der Waals surface area contributed by atoms with Gasteiger partial charge >= 0.3 is 0 Å². The summed E-state index contributed by atoms with van der Waals surface area (Å²) in [6.07, 6.45) is 6.97. The number of carbonyl (C=O) groups excluding carboxylic acids is 1. The van der Waals surface area contributed by atoms with Crippen molar-refractivity contribution in [1.82, 2.24) is 0 Å². The maximum atomic E-state index is 9.94. The Bertz CT molecular complexity index is 143. The zero-order valence-corrected chi connectivity index (χ0v) is 6.63. The van der Waals surface area contributed by atoms with Gasteiger partial charge in [-0.05, 0) is 17.9 Å². The molecule has 1 nitrogen and oxygen atoms in total. The van der Waals surface area contributed by atoms with Gasteiger partial charge in [0.2, 0.25) is 0 Å². The molecule has 0 saturated heterocycles. The maximum Gasteiger partial charge on any atom is 0.142 e. The second-order valence-electron chi connectivity index (χ2n) is 2.98. The van der Waals surface area contributed by atoms with Crippen LogP contribution in [0.1, 0.15) is 20.3 Å². The fourth-order valence-corrected chi connectivity index (χ4v) is 0.740. The molecular formula is C9H14O. The highest BCUT2D eigenvalue weighted by atomic mass is 16.1. The first-order valence-corrected chi connectivity index (χ1v) is 3.36. The van der Waals surface area contributed by atoms with Crippen LogP contribution in [-0.2, 0) is 4.79 Å². The standard InChI is InChI=1S/C9H14O/c1-4-6-9(2,3)7-5-8-10/h4-5,7-8H,1,6H2,2-3H3. The first-order chi connectivity index (χ1) is 4.62. The zero-order valence-electron chi connectivity index (χ0n) is 6.63. The minimum absolute atomic E-state index is 0.0721. The van der Waals surface area contributed by atoms with Crippen molar-refractivity contribution in [3.8, 4) is 0 Å². The van der Waals surface area contributed by atoms with Gasteiger partial charge in [0.15, 0.2) is 0 Å². The third-order valence-electron chi connectivity index (χ3n) is 1.30. The van der Waals surface area contributed by atoms with E-state index in [-0.39, 0.29) is 5.41 Å². The summed E-state index contributed by atoms with van der Waals surface area (Å²) in [4.78, 5) is 9.94. The van der Waals surface area contributed by atoms with Gasteiger partial charge in [0.1, 0.15) is 6.29 Å². The van der Waals surface area contributed by atoms with Gasteiger partial charge < -0.3 is 0 Å². The summed E-state index contributed by atoms with van der Waals surface area (Å²) < 4.78 is 0. The topological polar surface area (TPSA) is 17.1 Å². The lowest BCUT2D eigenvalue weighted by molar-refractivity contribution is -0.104. The highest BCUT2D eigenvalue weighted by Gasteiger charge is 2.09. The van der Waals surface area contributed by atoms with E-state index in [9.17, 15) is 4.79 Å². The smallest absolute Gasteiger partial charge is 0.142 e. The van der Waals surface area contributed by atoms with Crippen LogP contribution in [-0.4, -0.2) is 6.29 Å². The summed E-state index contributed by atoms with van der Waals surface area (Å²) in [6, 6.07) is 0. The minimum atomic E-state index is 0.0721. The summed E-state index contributed by atoms with van der Waals surface area (Å²) >= 11 is 0. The molecule has 0 radical (unpaired) electrons. The van der Waals surface area contributed by atoms with Gasteiger partial charge in [0, 0.05) is 0 Å². The Morgan fingerprint density at radius 2 is 2.10 bits per heavy atom. The van der Waals surface area contributed by atoms with E-state index in [1.165, 1.54) is 6.08 Å². The predicted molar refractivity (Wildman–Crippen MR) is 43.8 cm³/mol. The van der Waals surface area contributed by atoms with Gasteiger partial charge in [-0.25, -0.2) is 0 Å². The second-order valence-corrected chi connectivity index (χ2v) is 2.98. The first-order valence-electron chi connectivity index (χ1n) is 3.36. The Balaban J connectivity index is 3.96. The third kappa shape index (κ3) is 4.07. The van der Waals surface area contributed by atoms with E-state index < -0.39 is 0 Å². The molecule has 0 amide bonds. The van der Waals surface area contributed by atoms with Crippen molar-refractivity contribution < 1.29 is 4.79 Å². The third-order valence-corrected chi connectivity index (χ3v) is 1.30. The van der Waals surface area contributed by atoms with Gasteiger partial charge in [-0.1, -0.05) is 26.0 Å². The first kappa shape index (κ1) is 9.15. The Labute approximate surface area is 62.4 Å². The average Bonchev–Trinajstić information content (AvgIpc) is 1.84. The van der Waals surface area contributed by atoms with E-state index in [0.29, 0.717) is 0 Å². The van der Waals surface area contributed by atoms with Gasteiger partial charge in [0.05, 0.1) is 0 Å². The van der Waals surface area contributed by atoms with Crippen LogP contribution < -0.4 is 0 Å². The van der Waals surface area contributed by atoms with E-state index in [4.69, 9.17) is 0 Å². The van der Waals surface area contributed by atoms with Crippen molar-refractivity contribution in [2.24, 2.45) is 5.41 Å². The van der Waals surface area contributed by atoms with Gasteiger partial charge in [-0.15, -0.1) is 6.58 Å². The second kappa shape index (κ2) is 4.04. The van der Waals surface area contributed by atoms with E-state index in [1.807, 2.05) is 12.2 Å². The van der Waals surface area contributed by atoms with Crippen LogP contribution in [0, 0.1) is 5.41 Å². The normalized spacial score (nSPS) is 11.8. The Morgan fingerprint density at radius 3 is 2.50 bits per heavy atom. The van der Waals surface area contributed by atoms with Crippen LogP contribution in [0.5, 0.6) is 0 Å². The molecule has 0 aliphatic heterocycles. The molecule has 0 saturated carbocycles. The molecule has 0 heterocycles. The molecule has 0 aromatic rings. The number of rotatable bonds is 4. The van der Waals surface area contributed by atoms with Crippen LogP contribution in [0.2, 0.25) is 0 Å². The molecule has 0 N–H and O–H groups in total. The highest BCUT2D eigenvalue weighted by Crippen LogP contribution is 2.21. The summed E-state index contributed by atoms with van der Waals surface area (Å²) in [6.45, 7) is 7.76. The van der Waals surface area contributed by atoms with Gasteiger partial charge in [0.25, 0.3) is 0 Å². The number of hydrogen-bond donors (Lipinski definition) is 0. The van der Waals surface area contributed by atoms with Crippen molar-refractivity contribution in [1.29, 1.82) is 0 Å². The number of allylic oxidation sites excluding steroid dienone is 3. The molecule has 56 valence electrons. The SMILES string of the molecule is C=CCC(C)(C)C=CC=O. The molecule has 0 fully saturated rings. The number of hydrogen-bond acceptors (Lipinski definition) is 1. The van der Waals surface area contributed by atoms with Crippen molar-refractivity contribution in [2.45, 2.75) is 20.3 Å². The van der Waals surface area contributed by atoms with Crippen LogP contribution in [0.4, 0.5) is 0 Å². The summed E-state index contributed by atoms with van der Waals surface area (Å²) in [5.41, 5.74) is 0.0721. The molecular weight excluding hydrogens is 124 g/mol. The minimum Gasteiger partial charge on any atom is -0.299 e. The van der Waals surface area contributed by atoms with E-state index in [1.54, 1.807) is 0 Å². The molecule has 0 unspecified atom stereocenters. The molecule has 0 aliphatic carbocycles. The molecule has 0 bridgehead atoms. The predicted octanol–water partition coefficient (Wildman–Crippen LogP) is 2.34. The van der Waals surface area contributed by atoms with Crippen molar-refractivity contribution in [3.63, 3.8) is 0 Å². The lowest BCUT2D eigenvalue weighted by Gasteiger charge is -2.16. The Morgan fingerprint density at radius 1 is 1.50 bits per heavy atom. The van der Waals surface area contributed by atoms with Crippen molar-refractivity contribution in [2.75, 3.05) is 0 Å². The molecule has 0 aromatic heterocycles. The monoisotopic (exact) mass is 138 g/mol. The fourth-order valence-electron chi connectivity index (χ4n) is 0.740. The van der Waals surface area contributed by atoms with Gasteiger partial charge in [-0.3, -0.25) is 4.79 Å². The average molecular weight is 138 g/mol. The van der Waals surface area contributed by atoms with E-state index in [2.05, 4.69) is 20.4 Å². The Hall–Kier alpha value is -0.850. The van der Waals surface area contributed by atoms with Gasteiger partial charge in [-0.2, -0.15) is 0 Å². The quantitative estimate of drug-likeness (QED) is 0.331. The Kier molecular flexibility index (Phi) is 3.70. The van der Waals surface area contributed by atoms with E-state index >= 15 is 0 Å². The molecule has 0 aliphatic rings. The van der Waals surface area contributed by atoms with Crippen molar-refractivity contribution in [3.05, 3.63) is 24.8 Å². The zero-order chi connectivity index (χ0) is 8.04. The van der Waals surface area contributed by atoms with Crippen molar-refractivity contribution >= 4 is 6.29 Å². The lowest BCUT2D eigenvalue weighted by Crippen LogP contribution is -2.04. The summed E-state index contributed by atoms with van der Waals surface area (Å²) in [5.74, 6) is 0. The molecule has 0 atom stereocenters. The molecule has 0 rings (SSSR count). The largest absolute Gasteiger partial charge is 0.299 e. The van der Waals surface area contributed by atoms with Crippen LogP contribution >= 0.6 is 0 Å². The highest BCUT2D eigenvalue weighted by molar-refractivity contribution is 5.64. The molecule has 0 spiro atoms. The molecule has 1 heteroatoms. The molecule has 10 heavy (non-hydrogen) atoms. The van der Waals surface area contributed by atoms with E-state index in [0.717, 1.165) is 12.7 Å². The maximum absolute atomic E-state index is 9.94. The summed E-state index contributed by atoms with van der Waals surface area (Å²) in [7, 11) is 0. The fraction of sp³-hybridized carbons (Fsp3) is 0.444.